The Labute approximate surface area is 128 Å². The molecule has 0 saturated heterocycles. The number of amides is 1. The van der Waals surface area contributed by atoms with Crippen LogP contribution in [0.5, 0.6) is 0 Å². The molecule has 1 saturated carbocycles. The molecule has 4 nitrogen and oxygen atoms in total. The molecule has 0 aromatic heterocycles. The van der Waals surface area contributed by atoms with E-state index in [1.807, 2.05) is 24.3 Å². The predicted octanol–water partition coefficient (Wildman–Crippen LogP) is 3.25. The first-order chi connectivity index (χ1) is 10.6. The van der Waals surface area contributed by atoms with E-state index in [9.17, 15) is 14.7 Å². The van der Waals surface area contributed by atoms with Gasteiger partial charge in [-0.3, -0.25) is 4.79 Å². The van der Waals surface area contributed by atoms with E-state index in [1.54, 1.807) is 25.1 Å². The van der Waals surface area contributed by atoms with E-state index < -0.39 is 5.97 Å². The van der Waals surface area contributed by atoms with E-state index in [-0.39, 0.29) is 11.5 Å². The monoisotopic (exact) mass is 295 g/mol. The summed E-state index contributed by atoms with van der Waals surface area (Å²) < 4.78 is 0. The minimum absolute atomic E-state index is 0.0728. The lowest BCUT2D eigenvalue weighted by molar-refractivity contribution is 0.0696. The third-order valence-corrected chi connectivity index (χ3v) is 3.91. The highest BCUT2D eigenvalue weighted by Gasteiger charge is 2.24. The van der Waals surface area contributed by atoms with Gasteiger partial charge in [0.05, 0.1) is 5.56 Å². The van der Waals surface area contributed by atoms with E-state index in [2.05, 4.69) is 5.32 Å². The van der Waals surface area contributed by atoms with Gasteiger partial charge in [-0.15, -0.1) is 0 Å². The van der Waals surface area contributed by atoms with Gasteiger partial charge >= 0.3 is 5.97 Å². The maximum absolute atomic E-state index is 12.1. The molecule has 0 unspecified atom stereocenters. The van der Waals surface area contributed by atoms with Gasteiger partial charge in [0.2, 0.25) is 0 Å². The van der Waals surface area contributed by atoms with Crippen LogP contribution in [-0.2, 0) is 0 Å². The molecule has 0 heterocycles. The van der Waals surface area contributed by atoms with Crippen molar-refractivity contribution in [3.8, 4) is 11.1 Å². The van der Waals surface area contributed by atoms with Gasteiger partial charge in [0.25, 0.3) is 5.91 Å². The molecule has 0 spiro atoms. The van der Waals surface area contributed by atoms with E-state index in [4.69, 9.17) is 0 Å². The van der Waals surface area contributed by atoms with Gasteiger partial charge in [-0.05, 0) is 54.7 Å². The molecular formula is C18H17NO3. The SMILES string of the molecule is Cc1c(C(=O)O)cccc1-c1cccc(C(=O)NC2CC2)c1. The number of carbonyl (C=O) groups is 2. The van der Waals surface area contributed by atoms with Gasteiger partial charge in [-0.1, -0.05) is 24.3 Å². The van der Waals surface area contributed by atoms with Crippen LogP contribution in [0.2, 0.25) is 0 Å². The standard InChI is InChI=1S/C18H17NO3/c1-11-15(6-3-7-16(11)18(21)22)12-4-2-5-13(10-12)17(20)19-14-8-9-14/h2-7,10,14H,8-9H2,1H3,(H,19,20)(H,21,22). The molecule has 112 valence electrons. The van der Waals surface area contributed by atoms with Crippen LogP contribution in [0, 0.1) is 6.92 Å². The van der Waals surface area contributed by atoms with Crippen molar-refractivity contribution in [2.75, 3.05) is 0 Å². The summed E-state index contributed by atoms with van der Waals surface area (Å²) in [5.41, 5.74) is 3.27. The van der Waals surface area contributed by atoms with Crippen LogP contribution in [0.4, 0.5) is 0 Å². The Bertz CT molecular complexity index is 748. The Balaban J connectivity index is 1.96. The Kier molecular flexibility index (Phi) is 3.67. The third kappa shape index (κ3) is 2.86. The normalized spacial score (nSPS) is 13.7. The molecule has 0 atom stereocenters. The minimum atomic E-state index is -0.943. The molecule has 1 aliphatic carbocycles. The first-order valence-corrected chi connectivity index (χ1v) is 7.30. The lowest BCUT2D eigenvalue weighted by atomic mass is 9.95. The van der Waals surface area contributed by atoms with Gasteiger partial charge in [0.1, 0.15) is 0 Å². The van der Waals surface area contributed by atoms with Crippen LogP contribution in [0.3, 0.4) is 0 Å². The lowest BCUT2D eigenvalue weighted by Crippen LogP contribution is -2.25. The number of carboxylic acid groups (broad SMARTS) is 1. The Morgan fingerprint density at radius 2 is 1.86 bits per heavy atom. The average molecular weight is 295 g/mol. The number of rotatable bonds is 4. The number of aromatic carboxylic acids is 1. The number of carbonyl (C=O) groups excluding carboxylic acids is 1. The van der Waals surface area contributed by atoms with Gasteiger partial charge in [0, 0.05) is 11.6 Å². The molecule has 0 aliphatic heterocycles. The number of nitrogens with one attached hydrogen (secondary N) is 1. The van der Waals surface area contributed by atoms with Crippen molar-refractivity contribution in [1.82, 2.24) is 5.32 Å². The van der Waals surface area contributed by atoms with E-state index in [0.29, 0.717) is 17.2 Å². The first-order valence-electron chi connectivity index (χ1n) is 7.30. The maximum Gasteiger partial charge on any atom is 0.335 e. The molecule has 4 heteroatoms. The molecule has 3 rings (SSSR count). The highest BCUT2D eigenvalue weighted by molar-refractivity contribution is 5.96. The number of hydrogen-bond acceptors (Lipinski definition) is 2. The molecule has 2 aromatic carbocycles. The number of carboxylic acids is 1. The molecule has 0 radical (unpaired) electrons. The van der Waals surface area contributed by atoms with Crippen molar-refractivity contribution < 1.29 is 14.7 Å². The molecular weight excluding hydrogens is 278 g/mol. The molecule has 1 fully saturated rings. The second-order valence-corrected chi connectivity index (χ2v) is 5.61. The Hall–Kier alpha value is -2.62. The summed E-state index contributed by atoms with van der Waals surface area (Å²) in [6.07, 6.45) is 2.09. The second kappa shape index (κ2) is 5.64. The summed E-state index contributed by atoms with van der Waals surface area (Å²) in [6.45, 7) is 1.79. The van der Waals surface area contributed by atoms with Gasteiger partial charge < -0.3 is 10.4 Å². The maximum atomic E-state index is 12.1. The average Bonchev–Trinajstić information content (AvgIpc) is 3.31. The van der Waals surface area contributed by atoms with Crippen LogP contribution in [0.1, 0.15) is 39.1 Å². The Morgan fingerprint density at radius 1 is 1.14 bits per heavy atom. The molecule has 1 aliphatic rings. The van der Waals surface area contributed by atoms with Crippen molar-refractivity contribution in [1.29, 1.82) is 0 Å². The quantitative estimate of drug-likeness (QED) is 0.910. The van der Waals surface area contributed by atoms with Crippen molar-refractivity contribution >= 4 is 11.9 Å². The molecule has 22 heavy (non-hydrogen) atoms. The lowest BCUT2D eigenvalue weighted by Gasteiger charge is -2.10. The van der Waals surface area contributed by atoms with Crippen LogP contribution in [0.25, 0.3) is 11.1 Å². The Morgan fingerprint density at radius 3 is 2.55 bits per heavy atom. The van der Waals surface area contributed by atoms with E-state index >= 15 is 0 Å². The predicted molar refractivity (Wildman–Crippen MR) is 84.1 cm³/mol. The summed E-state index contributed by atoms with van der Waals surface area (Å²) >= 11 is 0. The van der Waals surface area contributed by atoms with Crippen LogP contribution in [-0.4, -0.2) is 23.0 Å². The zero-order chi connectivity index (χ0) is 15.7. The smallest absolute Gasteiger partial charge is 0.335 e. The highest BCUT2D eigenvalue weighted by atomic mass is 16.4. The van der Waals surface area contributed by atoms with Crippen molar-refractivity contribution in [2.45, 2.75) is 25.8 Å². The van der Waals surface area contributed by atoms with Crippen LogP contribution in [0.15, 0.2) is 42.5 Å². The van der Waals surface area contributed by atoms with Gasteiger partial charge in [0.15, 0.2) is 0 Å². The zero-order valence-electron chi connectivity index (χ0n) is 12.3. The first kappa shape index (κ1) is 14.3. The van der Waals surface area contributed by atoms with Gasteiger partial charge in [-0.25, -0.2) is 4.79 Å². The summed E-state index contributed by atoms with van der Waals surface area (Å²) in [5.74, 6) is -1.02. The summed E-state index contributed by atoms with van der Waals surface area (Å²) in [6, 6.07) is 12.8. The molecule has 1 amide bonds. The van der Waals surface area contributed by atoms with Gasteiger partial charge in [-0.2, -0.15) is 0 Å². The van der Waals surface area contributed by atoms with Crippen molar-refractivity contribution in [2.24, 2.45) is 0 Å². The van der Waals surface area contributed by atoms with Crippen molar-refractivity contribution in [3.05, 3.63) is 59.2 Å². The fraction of sp³-hybridized carbons (Fsp3) is 0.222. The third-order valence-electron chi connectivity index (χ3n) is 3.91. The zero-order valence-corrected chi connectivity index (χ0v) is 12.3. The van der Waals surface area contributed by atoms with E-state index in [0.717, 1.165) is 24.0 Å². The van der Waals surface area contributed by atoms with Crippen molar-refractivity contribution in [3.63, 3.8) is 0 Å². The van der Waals surface area contributed by atoms with Crippen LogP contribution >= 0.6 is 0 Å². The summed E-state index contributed by atoms with van der Waals surface area (Å²) in [4.78, 5) is 23.4. The fourth-order valence-electron chi connectivity index (χ4n) is 2.50. The topological polar surface area (TPSA) is 66.4 Å². The van der Waals surface area contributed by atoms with Crippen LogP contribution < -0.4 is 5.32 Å². The summed E-state index contributed by atoms with van der Waals surface area (Å²) in [5, 5.41) is 12.2. The largest absolute Gasteiger partial charge is 0.478 e. The molecule has 0 bridgehead atoms. The summed E-state index contributed by atoms with van der Waals surface area (Å²) in [7, 11) is 0. The minimum Gasteiger partial charge on any atom is -0.478 e. The van der Waals surface area contributed by atoms with E-state index in [1.165, 1.54) is 0 Å². The fourth-order valence-corrected chi connectivity index (χ4v) is 2.50. The molecule has 2 N–H and O–H groups in total. The second-order valence-electron chi connectivity index (χ2n) is 5.61. The number of benzene rings is 2. The number of hydrogen-bond donors (Lipinski definition) is 2. The molecule has 2 aromatic rings. The highest BCUT2D eigenvalue weighted by Crippen LogP contribution is 2.27.